The van der Waals surface area contributed by atoms with Crippen molar-refractivity contribution in [1.29, 1.82) is 0 Å². The first-order valence-electron chi connectivity index (χ1n) is 9.55. The number of rotatable bonds is 5. The van der Waals surface area contributed by atoms with E-state index in [9.17, 15) is 0 Å². The molecule has 0 amide bonds. The Hall–Kier alpha value is -2.90. The molecule has 1 saturated carbocycles. The first-order valence-corrected chi connectivity index (χ1v) is 11.2. The van der Waals surface area contributed by atoms with Crippen molar-refractivity contribution in [2.24, 2.45) is 0 Å². The number of benzene rings is 2. The van der Waals surface area contributed by atoms with E-state index in [2.05, 4.69) is 63.0 Å². The number of hydrogen-bond donors (Lipinski definition) is 2. The maximum atomic E-state index is 4.87. The molecule has 6 rings (SSSR count). The van der Waals surface area contributed by atoms with E-state index >= 15 is 0 Å². The summed E-state index contributed by atoms with van der Waals surface area (Å²) in [6.07, 6.45) is 2.51. The second-order valence-corrected chi connectivity index (χ2v) is 9.20. The third kappa shape index (κ3) is 3.36. The van der Waals surface area contributed by atoms with Gasteiger partial charge >= 0.3 is 0 Å². The van der Waals surface area contributed by atoms with Crippen molar-refractivity contribution < 1.29 is 0 Å². The van der Waals surface area contributed by atoms with Gasteiger partial charge in [0.1, 0.15) is 5.03 Å². The number of thiazole rings is 1. The Morgan fingerprint density at radius 1 is 1.03 bits per heavy atom. The summed E-state index contributed by atoms with van der Waals surface area (Å²) in [6, 6.07) is 18.8. The van der Waals surface area contributed by atoms with Crippen LogP contribution >= 0.6 is 23.1 Å². The number of H-pyrrole nitrogens is 1. The van der Waals surface area contributed by atoms with Gasteiger partial charge in [0.2, 0.25) is 0 Å². The number of anilines is 2. The molecule has 0 atom stereocenters. The molecule has 0 saturated heterocycles. The number of fused-ring (bicyclic) bond motifs is 2. The van der Waals surface area contributed by atoms with E-state index in [1.165, 1.54) is 23.2 Å². The Kier molecular flexibility index (Phi) is 4.02. The van der Waals surface area contributed by atoms with Crippen molar-refractivity contribution in [3.8, 4) is 0 Å². The Balaban J connectivity index is 1.37. The van der Waals surface area contributed by atoms with Crippen LogP contribution in [0.25, 0.3) is 21.1 Å². The lowest BCUT2D eigenvalue weighted by Crippen LogP contribution is -1.94. The number of pyridine rings is 1. The highest BCUT2D eigenvalue weighted by atomic mass is 32.2. The fourth-order valence-corrected chi connectivity index (χ4v) is 5.13. The molecule has 1 aliphatic rings. The molecule has 2 N–H and O–H groups in total. The van der Waals surface area contributed by atoms with Crippen molar-refractivity contribution in [3.63, 3.8) is 0 Å². The van der Waals surface area contributed by atoms with Gasteiger partial charge < -0.3 is 5.32 Å². The smallest absolute Gasteiger partial charge is 0.152 e. The molecule has 3 heterocycles. The van der Waals surface area contributed by atoms with Crippen LogP contribution in [0.4, 0.5) is 11.5 Å². The molecule has 0 unspecified atom stereocenters. The van der Waals surface area contributed by atoms with Gasteiger partial charge in [-0.05, 0) is 43.2 Å². The van der Waals surface area contributed by atoms with Gasteiger partial charge in [0.05, 0.1) is 26.9 Å². The van der Waals surface area contributed by atoms with Crippen molar-refractivity contribution in [3.05, 3.63) is 65.8 Å². The second kappa shape index (κ2) is 6.86. The minimum Gasteiger partial charge on any atom is -0.338 e. The molecule has 1 fully saturated rings. The fraction of sp³-hybridized carbons (Fsp3) is 0.136. The highest BCUT2D eigenvalue weighted by Gasteiger charge is 2.25. The Morgan fingerprint density at radius 2 is 1.97 bits per heavy atom. The van der Waals surface area contributed by atoms with Gasteiger partial charge in [-0.1, -0.05) is 30.0 Å². The number of hydrogen-bond acceptors (Lipinski definition) is 6. The van der Waals surface area contributed by atoms with Crippen molar-refractivity contribution in [1.82, 2.24) is 20.2 Å². The molecule has 0 radical (unpaired) electrons. The average molecular weight is 416 g/mol. The maximum Gasteiger partial charge on any atom is 0.152 e. The van der Waals surface area contributed by atoms with Crippen LogP contribution in [-0.4, -0.2) is 20.2 Å². The number of para-hydroxylation sites is 1. The molecule has 7 heteroatoms. The van der Waals surface area contributed by atoms with Gasteiger partial charge in [-0.2, -0.15) is 5.10 Å². The molecule has 2 aromatic carbocycles. The highest BCUT2D eigenvalue weighted by Crippen LogP contribution is 2.40. The maximum absolute atomic E-state index is 4.87. The van der Waals surface area contributed by atoms with Crippen LogP contribution in [0.1, 0.15) is 24.5 Å². The lowest BCUT2D eigenvalue weighted by atomic mass is 10.2. The summed E-state index contributed by atoms with van der Waals surface area (Å²) < 4.78 is 1.19. The van der Waals surface area contributed by atoms with Crippen LogP contribution in [0.2, 0.25) is 0 Å². The molecule has 142 valence electrons. The summed E-state index contributed by atoms with van der Waals surface area (Å²) in [7, 11) is 0. The van der Waals surface area contributed by atoms with Crippen LogP contribution < -0.4 is 5.32 Å². The lowest BCUT2D eigenvalue weighted by molar-refractivity contribution is 0.967. The molecule has 29 heavy (non-hydrogen) atoms. The summed E-state index contributed by atoms with van der Waals surface area (Å²) in [5, 5.41) is 13.2. The molecule has 0 bridgehead atoms. The normalized spacial score (nSPS) is 13.9. The van der Waals surface area contributed by atoms with Crippen LogP contribution in [0, 0.1) is 0 Å². The summed E-state index contributed by atoms with van der Waals surface area (Å²) in [5.41, 5.74) is 6.13. The van der Waals surface area contributed by atoms with E-state index in [0.29, 0.717) is 5.92 Å². The van der Waals surface area contributed by atoms with Gasteiger partial charge in [-0.25, -0.2) is 9.97 Å². The zero-order valence-corrected chi connectivity index (χ0v) is 17.1. The molecule has 0 spiro atoms. The molecular formula is C22H17N5S2. The Bertz CT molecular complexity index is 1340. The highest BCUT2D eigenvalue weighted by molar-refractivity contribution is 7.99. The Morgan fingerprint density at radius 3 is 2.90 bits per heavy atom. The summed E-state index contributed by atoms with van der Waals surface area (Å²) in [5.74, 6) is 1.50. The van der Waals surface area contributed by atoms with E-state index in [0.717, 1.165) is 37.8 Å². The van der Waals surface area contributed by atoms with Crippen molar-refractivity contribution >= 4 is 55.7 Å². The zero-order chi connectivity index (χ0) is 19.2. The molecule has 0 aliphatic heterocycles. The monoisotopic (exact) mass is 415 g/mol. The predicted molar refractivity (Wildman–Crippen MR) is 119 cm³/mol. The van der Waals surface area contributed by atoms with E-state index in [1.54, 1.807) is 23.1 Å². The minimum atomic E-state index is 0.653. The predicted octanol–water partition coefficient (Wildman–Crippen LogP) is 6.34. The van der Waals surface area contributed by atoms with E-state index in [-0.39, 0.29) is 0 Å². The summed E-state index contributed by atoms with van der Waals surface area (Å²) >= 11 is 3.33. The summed E-state index contributed by atoms with van der Waals surface area (Å²) in [4.78, 5) is 10.4. The van der Waals surface area contributed by atoms with E-state index < -0.39 is 0 Å². The molecular weight excluding hydrogens is 398 g/mol. The Labute approximate surface area is 175 Å². The number of nitrogens with zero attached hydrogens (tertiary/aromatic N) is 3. The van der Waals surface area contributed by atoms with Crippen LogP contribution in [-0.2, 0) is 0 Å². The molecule has 5 aromatic rings. The van der Waals surface area contributed by atoms with Crippen LogP contribution in [0.15, 0.2) is 70.0 Å². The quantitative estimate of drug-likeness (QED) is 0.351. The van der Waals surface area contributed by atoms with E-state index in [4.69, 9.17) is 4.98 Å². The van der Waals surface area contributed by atoms with Crippen molar-refractivity contribution in [2.75, 3.05) is 5.32 Å². The fourth-order valence-electron chi connectivity index (χ4n) is 3.47. The number of nitrogens with one attached hydrogen (secondary N) is 2. The minimum absolute atomic E-state index is 0.653. The SMILES string of the molecule is c1ccc2c(Nc3cc(C4CC4)[nH]n3)cc(Sc3ccc4ncsc4c3)nc2c1. The van der Waals surface area contributed by atoms with Crippen LogP contribution in [0.3, 0.4) is 0 Å². The van der Waals surface area contributed by atoms with Gasteiger partial charge in [0.15, 0.2) is 5.82 Å². The van der Waals surface area contributed by atoms with Crippen LogP contribution in [0.5, 0.6) is 0 Å². The largest absolute Gasteiger partial charge is 0.338 e. The van der Waals surface area contributed by atoms with Gasteiger partial charge in [-0.3, -0.25) is 5.10 Å². The first kappa shape index (κ1) is 17.0. The van der Waals surface area contributed by atoms with Gasteiger partial charge in [-0.15, -0.1) is 11.3 Å². The number of aromatic nitrogens is 4. The standard InChI is InChI=1S/C22H17N5S2/c1-2-4-16-15(3-1)19(24-21-10-18(26-27-21)13-5-6-13)11-22(25-16)29-14-7-8-17-20(9-14)28-12-23-17/h1-4,7-13H,5-6H2,(H2,24,25,26,27). The molecule has 1 aliphatic carbocycles. The molecule has 3 aromatic heterocycles. The third-order valence-corrected chi connectivity index (χ3v) is 6.80. The topological polar surface area (TPSA) is 66.5 Å². The van der Waals surface area contributed by atoms with Gasteiger partial charge in [0, 0.05) is 28.0 Å². The van der Waals surface area contributed by atoms with Gasteiger partial charge in [0.25, 0.3) is 0 Å². The second-order valence-electron chi connectivity index (χ2n) is 7.22. The third-order valence-electron chi connectivity index (χ3n) is 5.10. The zero-order valence-electron chi connectivity index (χ0n) is 15.4. The summed E-state index contributed by atoms with van der Waals surface area (Å²) in [6.45, 7) is 0. The molecule has 5 nitrogen and oxygen atoms in total. The number of aromatic amines is 1. The first-order chi connectivity index (χ1) is 14.3. The average Bonchev–Trinajstić information content (AvgIpc) is 3.30. The van der Waals surface area contributed by atoms with Crippen molar-refractivity contribution in [2.45, 2.75) is 28.7 Å². The lowest BCUT2D eigenvalue weighted by Gasteiger charge is -2.10. The van der Waals surface area contributed by atoms with E-state index in [1.807, 2.05) is 17.6 Å².